The van der Waals surface area contributed by atoms with Gasteiger partial charge in [0, 0.05) is 23.8 Å². The number of sulfonamides is 1. The topological polar surface area (TPSA) is 107 Å². The van der Waals surface area contributed by atoms with Crippen molar-refractivity contribution in [3.63, 3.8) is 0 Å². The van der Waals surface area contributed by atoms with E-state index in [0.29, 0.717) is 10.8 Å². The van der Waals surface area contributed by atoms with Crippen LogP contribution in [-0.2, 0) is 14.8 Å². The van der Waals surface area contributed by atoms with Crippen LogP contribution in [0, 0.1) is 13.8 Å². The van der Waals surface area contributed by atoms with Gasteiger partial charge in [-0.1, -0.05) is 17.8 Å². The van der Waals surface area contributed by atoms with E-state index in [4.69, 9.17) is 5.14 Å². The molecule has 9 heteroatoms. The molecule has 7 nitrogen and oxygen atoms in total. The van der Waals surface area contributed by atoms with Crippen LogP contribution >= 0.6 is 11.8 Å². The maximum absolute atomic E-state index is 12.6. The minimum Gasteiger partial charge on any atom is -0.325 e. The van der Waals surface area contributed by atoms with Crippen molar-refractivity contribution in [3.05, 3.63) is 66.0 Å². The number of imidazole rings is 1. The summed E-state index contributed by atoms with van der Waals surface area (Å²) in [6.07, 6.45) is 3.57. The third kappa shape index (κ3) is 5.06. The number of primary sulfonamides is 1. The average molecular weight is 431 g/mol. The number of aryl methyl sites for hydroxylation is 2. The van der Waals surface area contributed by atoms with Crippen molar-refractivity contribution in [3.8, 4) is 5.69 Å². The van der Waals surface area contributed by atoms with Gasteiger partial charge in [0.2, 0.25) is 15.9 Å². The fourth-order valence-corrected chi connectivity index (χ4v) is 4.03. The van der Waals surface area contributed by atoms with Crippen LogP contribution < -0.4 is 10.5 Å². The Morgan fingerprint density at radius 3 is 2.45 bits per heavy atom. The smallest absolute Gasteiger partial charge is 0.238 e. The number of rotatable bonds is 6. The molecule has 0 saturated carbocycles. The molecule has 2 aromatic carbocycles. The van der Waals surface area contributed by atoms with E-state index in [1.54, 1.807) is 13.1 Å². The molecule has 3 aromatic rings. The highest BCUT2D eigenvalue weighted by molar-refractivity contribution is 8.00. The highest BCUT2D eigenvalue weighted by Gasteiger charge is 2.18. The van der Waals surface area contributed by atoms with Crippen molar-refractivity contribution < 1.29 is 13.2 Å². The first-order valence-corrected chi connectivity index (χ1v) is 11.3. The molecule has 0 saturated heterocycles. The number of hydrogen-bond acceptors (Lipinski definition) is 5. The van der Waals surface area contributed by atoms with Crippen molar-refractivity contribution in [1.82, 2.24) is 9.55 Å². The normalized spacial score (nSPS) is 12.6. The number of nitrogens with two attached hydrogens (primary N) is 1. The molecule has 0 spiro atoms. The number of benzene rings is 2. The van der Waals surface area contributed by atoms with Crippen molar-refractivity contribution >= 4 is 33.4 Å². The number of carbonyl (C=O) groups excluding carboxylic acids is 1. The van der Waals surface area contributed by atoms with Crippen LogP contribution in [0.3, 0.4) is 0 Å². The molecule has 3 N–H and O–H groups in total. The van der Waals surface area contributed by atoms with Crippen LogP contribution in [0.1, 0.15) is 18.1 Å². The molecule has 0 aliphatic heterocycles. The molecule has 0 radical (unpaired) electrons. The second kappa shape index (κ2) is 8.40. The Labute approximate surface area is 174 Å². The number of aromatic nitrogens is 2. The molecule has 1 unspecified atom stereocenters. The summed E-state index contributed by atoms with van der Waals surface area (Å²) < 4.78 is 24.6. The van der Waals surface area contributed by atoms with Gasteiger partial charge in [-0.25, -0.2) is 18.5 Å². The van der Waals surface area contributed by atoms with Crippen LogP contribution in [0.25, 0.3) is 5.69 Å². The van der Waals surface area contributed by atoms with E-state index < -0.39 is 15.3 Å². The number of nitrogens with zero attached hydrogens (tertiary/aromatic N) is 2. The van der Waals surface area contributed by atoms with Crippen LogP contribution in [0.4, 0.5) is 5.69 Å². The number of anilines is 1. The van der Waals surface area contributed by atoms with Gasteiger partial charge >= 0.3 is 0 Å². The fourth-order valence-electron chi connectivity index (χ4n) is 2.63. The lowest BCUT2D eigenvalue weighted by atomic mass is 10.1. The Hall–Kier alpha value is -2.62. The number of thioether (sulfide) groups is 1. The van der Waals surface area contributed by atoms with E-state index in [9.17, 15) is 13.2 Å². The van der Waals surface area contributed by atoms with E-state index >= 15 is 0 Å². The summed E-state index contributed by atoms with van der Waals surface area (Å²) in [6.45, 7) is 5.91. The van der Waals surface area contributed by atoms with Crippen LogP contribution in [0.15, 0.2) is 64.9 Å². The van der Waals surface area contributed by atoms with E-state index in [-0.39, 0.29) is 10.8 Å². The van der Waals surface area contributed by atoms with E-state index in [0.717, 1.165) is 5.69 Å². The summed E-state index contributed by atoms with van der Waals surface area (Å²) in [5.74, 6) is -0.215. The van der Waals surface area contributed by atoms with Gasteiger partial charge < -0.3 is 5.32 Å². The van der Waals surface area contributed by atoms with Gasteiger partial charge in [0.25, 0.3) is 0 Å². The van der Waals surface area contributed by atoms with Gasteiger partial charge in [-0.05, 0) is 68.3 Å². The lowest BCUT2D eigenvalue weighted by Gasteiger charge is -2.14. The molecule has 1 aromatic heterocycles. The first-order valence-electron chi connectivity index (χ1n) is 8.86. The van der Waals surface area contributed by atoms with E-state index in [1.807, 2.05) is 16.8 Å². The molecule has 29 heavy (non-hydrogen) atoms. The first kappa shape index (κ1) is 21.1. The summed E-state index contributed by atoms with van der Waals surface area (Å²) in [5, 5.41) is 8.15. The zero-order chi connectivity index (χ0) is 21.2. The standard InChI is InChI=1S/C20H22N4O3S2/c1-13-4-7-17(12-14(13)2)24-11-10-22-20(24)28-15(3)19(25)23-16-5-8-18(9-6-16)29(21,26)27/h4-12,15H,1-3H3,(H,23,25)(H2,21,26,27). The molecule has 3 rings (SSSR count). The molecule has 0 bridgehead atoms. The molecule has 0 fully saturated rings. The first-order chi connectivity index (χ1) is 13.6. The van der Waals surface area contributed by atoms with Crippen LogP contribution in [-0.4, -0.2) is 29.1 Å². The lowest BCUT2D eigenvalue weighted by molar-refractivity contribution is -0.115. The van der Waals surface area contributed by atoms with Gasteiger partial charge in [0.1, 0.15) is 0 Å². The fraction of sp³-hybridized carbons (Fsp3) is 0.200. The van der Waals surface area contributed by atoms with Gasteiger partial charge in [-0.2, -0.15) is 0 Å². The maximum Gasteiger partial charge on any atom is 0.238 e. The number of nitrogens with one attached hydrogen (secondary N) is 1. The third-order valence-corrected chi connectivity index (χ3v) is 6.49. The molecule has 1 amide bonds. The van der Waals surface area contributed by atoms with Gasteiger partial charge in [-0.3, -0.25) is 9.36 Å². The third-order valence-electron chi connectivity index (χ3n) is 4.48. The monoisotopic (exact) mass is 430 g/mol. The zero-order valence-electron chi connectivity index (χ0n) is 16.3. The predicted molar refractivity (Wildman–Crippen MR) is 115 cm³/mol. The molecular formula is C20H22N4O3S2. The Morgan fingerprint density at radius 1 is 1.14 bits per heavy atom. The van der Waals surface area contributed by atoms with Crippen molar-refractivity contribution in [1.29, 1.82) is 0 Å². The van der Waals surface area contributed by atoms with E-state index in [2.05, 4.69) is 36.3 Å². The average Bonchev–Trinajstić information content (AvgIpc) is 3.11. The van der Waals surface area contributed by atoms with Crippen molar-refractivity contribution in [2.75, 3.05) is 5.32 Å². The van der Waals surface area contributed by atoms with Gasteiger partial charge in [-0.15, -0.1) is 0 Å². The Bertz CT molecular complexity index is 1140. The molecule has 152 valence electrons. The maximum atomic E-state index is 12.6. The number of hydrogen-bond donors (Lipinski definition) is 2. The summed E-state index contributed by atoms with van der Waals surface area (Å²) in [7, 11) is -3.76. The second-order valence-corrected chi connectivity index (χ2v) is 9.54. The Balaban J connectivity index is 1.71. The molecule has 1 atom stereocenters. The quantitative estimate of drug-likeness (QED) is 0.584. The molecule has 0 aliphatic rings. The van der Waals surface area contributed by atoms with E-state index in [1.165, 1.54) is 47.2 Å². The minimum atomic E-state index is -3.76. The Kier molecular flexibility index (Phi) is 6.11. The summed E-state index contributed by atoms with van der Waals surface area (Å²) in [6, 6.07) is 11.9. The minimum absolute atomic E-state index is 0.00617. The second-order valence-electron chi connectivity index (χ2n) is 6.67. The largest absolute Gasteiger partial charge is 0.325 e. The highest BCUT2D eigenvalue weighted by Crippen LogP contribution is 2.26. The summed E-state index contributed by atoms with van der Waals surface area (Å²) in [5.41, 5.74) is 3.87. The predicted octanol–water partition coefficient (Wildman–Crippen LogP) is 3.26. The highest BCUT2D eigenvalue weighted by atomic mass is 32.2. The van der Waals surface area contributed by atoms with Crippen molar-refractivity contribution in [2.45, 2.75) is 36.1 Å². The van der Waals surface area contributed by atoms with Crippen LogP contribution in [0.2, 0.25) is 0 Å². The molecular weight excluding hydrogens is 408 g/mol. The number of carbonyl (C=O) groups is 1. The zero-order valence-corrected chi connectivity index (χ0v) is 17.9. The Morgan fingerprint density at radius 2 is 1.83 bits per heavy atom. The summed E-state index contributed by atoms with van der Waals surface area (Å²) >= 11 is 1.34. The number of amides is 1. The molecule has 0 aliphatic carbocycles. The SMILES string of the molecule is Cc1ccc(-n2ccnc2SC(C)C(=O)Nc2ccc(S(N)(=O)=O)cc2)cc1C. The molecule has 1 heterocycles. The van der Waals surface area contributed by atoms with Gasteiger partial charge in [0.15, 0.2) is 5.16 Å². The van der Waals surface area contributed by atoms with Crippen LogP contribution in [0.5, 0.6) is 0 Å². The van der Waals surface area contributed by atoms with Gasteiger partial charge in [0.05, 0.1) is 10.1 Å². The summed E-state index contributed by atoms with van der Waals surface area (Å²) in [4.78, 5) is 16.9. The lowest BCUT2D eigenvalue weighted by Crippen LogP contribution is -2.23. The van der Waals surface area contributed by atoms with Crippen molar-refractivity contribution in [2.24, 2.45) is 5.14 Å².